The summed E-state index contributed by atoms with van der Waals surface area (Å²) in [5.41, 5.74) is 4.67. The Kier molecular flexibility index (Phi) is 9.75. The lowest BCUT2D eigenvalue weighted by Crippen LogP contribution is -2.45. The molecule has 1 aliphatic heterocycles. The molecule has 0 unspecified atom stereocenters. The van der Waals surface area contributed by atoms with Gasteiger partial charge in [-0.3, -0.25) is 5.43 Å². The fourth-order valence-corrected chi connectivity index (χ4v) is 4.14. The van der Waals surface area contributed by atoms with E-state index < -0.39 is 24.3 Å². The molecule has 2 aromatic rings. The third-order valence-electron chi connectivity index (χ3n) is 5.29. The molecular formula is C25H29BrN4O7. The van der Waals surface area contributed by atoms with Gasteiger partial charge in [0.1, 0.15) is 12.4 Å². The van der Waals surface area contributed by atoms with Gasteiger partial charge in [0.05, 0.1) is 43.1 Å². The van der Waals surface area contributed by atoms with E-state index in [2.05, 4.69) is 37.1 Å². The van der Waals surface area contributed by atoms with Gasteiger partial charge in [-0.2, -0.15) is 5.10 Å². The second kappa shape index (κ2) is 13.0. The van der Waals surface area contributed by atoms with Crippen LogP contribution in [-0.2, 0) is 9.53 Å². The minimum absolute atomic E-state index is 0.125. The molecule has 2 aromatic carbocycles. The number of benzene rings is 2. The Labute approximate surface area is 222 Å². The topological polar surface area (TPSA) is 140 Å². The quantitative estimate of drug-likeness (QED) is 0.138. The van der Waals surface area contributed by atoms with Gasteiger partial charge in [-0.05, 0) is 71.2 Å². The van der Waals surface area contributed by atoms with Gasteiger partial charge in [-0.25, -0.2) is 9.59 Å². The average molecular weight is 577 g/mol. The molecule has 0 radical (unpaired) electrons. The van der Waals surface area contributed by atoms with Gasteiger partial charge in [0, 0.05) is 5.70 Å². The Bertz CT molecular complexity index is 1200. The molecule has 37 heavy (non-hydrogen) atoms. The van der Waals surface area contributed by atoms with Crippen molar-refractivity contribution in [3.8, 4) is 17.2 Å². The molecule has 1 aliphatic rings. The molecule has 0 aliphatic carbocycles. The largest absolute Gasteiger partial charge is 0.496 e. The number of hydrogen-bond donors (Lipinski definition) is 4. The van der Waals surface area contributed by atoms with Crippen molar-refractivity contribution in [1.29, 1.82) is 0 Å². The van der Waals surface area contributed by atoms with Crippen molar-refractivity contribution in [2.45, 2.75) is 26.1 Å². The molecule has 0 bridgehead atoms. The summed E-state index contributed by atoms with van der Waals surface area (Å²) in [5, 5.41) is 19.6. The Morgan fingerprint density at radius 3 is 2.62 bits per heavy atom. The predicted octanol–water partition coefficient (Wildman–Crippen LogP) is 2.98. The fraction of sp³-hybridized carbons (Fsp3) is 0.320. The number of esters is 1. The Hall–Kier alpha value is -3.77. The van der Waals surface area contributed by atoms with Crippen molar-refractivity contribution in [2.24, 2.45) is 5.10 Å². The SMILES string of the molecule is CCOc1cc([C@@H]2NC(=O)NC(C)=C2C(=O)OC)ccc1OC[C@H](O)N/N=C\c1ccc(OC)c(Br)c1. The van der Waals surface area contributed by atoms with Gasteiger partial charge < -0.3 is 34.7 Å². The maximum absolute atomic E-state index is 12.4. The zero-order valence-electron chi connectivity index (χ0n) is 20.8. The number of nitrogens with one attached hydrogen (secondary N) is 3. The van der Waals surface area contributed by atoms with Gasteiger partial charge in [-0.1, -0.05) is 6.07 Å². The van der Waals surface area contributed by atoms with E-state index in [4.69, 9.17) is 18.9 Å². The Balaban J connectivity index is 1.69. The molecule has 0 aromatic heterocycles. The molecule has 0 spiro atoms. The summed E-state index contributed by atoms with van der Waals surface area (Å²) < 4.78 is 22.3. The van der Waals surface area contributed by atoms with Gasteiger partial charge >= 0.3 is 12.0 Å². The first-order valence-corrected chi connectivity index (χ1v) is 12.1. The molecule has 0 fully saturated rings. The zero-order chi connectivity index (χ0) is 26.9. The number of ether oxygens (including phenoxy) is 4. The first-order chi connectivity index (χ1) is 17.8. The van der Waals surface area contributed by atoms with E-state index >= 15 is 0 Å². The Morgan fingerprint density at radius 1 is 1.19 bits per heavy atom. The standard InChI is InChI=1S/C25H29BrN4O7/c1-5-36-20-11-16(23-22(24(32)35-4)14(2)28-25(33)29-23)7-9-19(20)37-13-21(31)30-27-12-15-6-8-18(34-3)17(26)10-15/h6-12,21,23,30-31H,5,13H2,1-4H3,(H2,28,29,33)/b27-12-/t21-,23-/m0/s1. The number of urea groups is 1. The molecule has 0 saturated carbocycles. The molecule has 3 rings (SSSR count). The van der Waals surface area contributed by atoms with Crippen LogP contribution in [0.4, 0.5) is 4.79 Å². The molecule has 198 valence electrons. The summed E-state index contributed by atoms with van der Waals surface area (Å²) in [5.74, 6) is 0.887. The van der Waals surface area contributed by atoms with Gasteiger partial charge in [-0.15, -0.1) is 0 Å². The van der Waals surface area contributed by atoms with Crippen LogP contribution in [0.25, 0.3) is 0 Å². The number of nitrogens with zero attached hydrogens (tertiary/aromatic N) is 1. The number of halogens is 1. The number of allylic oxidation sites excluding steroid dienone is 1. The number of hydrazone groups is 1. The van der Waals surface area contributed by atoms with Crippen LogP contribution in [0.2, 0.25) is 0 Å². The molecule has 4 N–H and O–H groups in total. The highest BCUT2D eigenvalue weighted by Crippen LogP contribution is 2.35. The average Bonchev–Trinajstić information content (AvgIpc) is 2.87. The minimum Gasteiger partial charge on any atom is -0.496 e. The summed E-state index contributed by atoms with van der Waals surface area (Å²) in [7, 11) is 2.86. The first-order valence-electron chi connectivity index (χ1n) is 11.3. The van der Waals surface area contributed by atoms with E-state index in [-0.39, 0.29) is 12.2 Å². The number of carbonyl (C=O) groups excluding carboxylic acids is 2. The lowest BCUT2D eigenvalue weighted by Gasteiger charge is -2.28. The van der Waals surface area contributed by atoms with Crippen LogP contribution in [0.1, 0.15) is 31.0 Å². The highest BCUT2D eigenvalue weighted by Gasteiger charge is 2.32. The molecule has 0 saturated heterocycles. The van der Waals surface area contributed by atoms with Crippen molar-refractivity contribution < 1.29 is 33.6 Å². The molecule has 2 amide bonds. The van der Waals surface area contributed by atoms with E-state index in [1.54, 1.807) is 44.5 Å². The second-order valence-electron chi connectivity index (χ2n) is 7.81. The molecule has 12 heteroatoms. The van der Waals surface area contributed by atoms with Crippen molar-refractivity contribution in [2.75, 3.05) is 27.4 Å². The number of aliphatic hydroxyl groups excluding tert-OH is 1. The summed E-state index contributed by atoms with van der Waals surface area (Å²) in [6.07, 6.45) is 0.447. The number of aliphatic hydroxyl groups is 1. The number of methoxy groups -OCH3 is 2. The third kappa shape index (κ3) is 7.14. The number of hydrogen-bond acceptors (Lipinski definition) is 9. The lowest BCUT2D eigenvalue weighted by molar-refractivity contribution is -0.136. The summed E-state index contributed by atoms with van der Waals surface area (Å²) in [6, 6.07) is 9.28. The fourth-order valence-electron chi connectivity index (χ4n) is 3.58. The van der Waals surface area contributed by atoms with Crippen molar-refractivity contribution in [3.63, 3.8) is 0 Å². The van der Waals surface area contributed by atoms with E-state index in [1.165, 1.54) is 7.11 Å². The lowest BCUT2D eigenvalue weighted by atomic mass is 9.95. The van der Waals surface area contributed by atoms with Gasteiger partial charge in [0.2, 0.25) is 0 Å². The normalized spacial score (nSPS) is 16.1. The smallest absolute Gasteiger partial charge is 0.337 e. The van der Waals surface area contributed by atoms with Crippen LogP contribution in [0.5, 0.6) is 17.2 Å². The van der Waals surface area contributed by atoms with Crippen molar-refractivity contribution >= 4 is 34.1 Å². The van der Waals surface area contributed by atoms with Gasteiger partial charge in [0.15, 0.2) is 17.7 Å². The number of rotatable bonds is 11. The monoisotopic (exact) mass is 576 g/mol. The zero-order valence-corrected chi connectivity index (χ0v) is 22.4. The van der Waals surface area contributed by atoms with Gasteiger partial charge in [0.25, 0.3) is 0 Å². The number of carbonyl (C=O) groups is 2. The first kappa shape index (κ1) is 27.8. The van der Waals surface area contributed by atoms with Crippen LogP contribution in [-0.4, -0.2) is 57.0 Å². The summed E-state index contributed by atoms with van der Waals surface area (Å²) >= 11 is 3.41. The van der Waals surface area contributed by atoms with Crippen LogP contribution in [0, 0.1) is 0 Å². The van der Waals surface area contributed by atoms with E-state index in [0.717, 1.165) is 10.0 Å². The second-order valence-corrected chi connectivity index (χ2v) is 8.66. The van der Waals surface area contributed by atoms with Crippen molar-refractivity contribution in [3.05, 3.63) is 63.3 Å². The predicted molar refractivity (Wildman–Crippen MR) is 140 cm³/mol. The highest BCUT2D eigenvalue weighted by atomic mass is 79.9. The van der Waals surface area contributed by atoms with Crippen LogP contribution in [0.3, 0.4) is 0 Å². The minimum atomic E-state index is -1.10. The van der Waals surface area contributed by atoms with Crippen LogP contribution < -0.4 is 30.3 Å². The maximum atomic E-state index is 12.4. The van der Waals surface area contributed by atoms with Crippen LogP contribution in [0.15, 0.2) is 57.2 Å². The Morgan fingerprint density at radius 2 is 1.95 bits per heavy atom. The van der Waals surface area contributed by atoms with E-state index in [9.17, 15) is 14.7 Å². The highest BCUT2D eigenvalue weighted by molar-refractivity contribution is 9.10. The molecular weight excluding hydrogens is 548 g/mol. The maximum Gasteiger partial charge on any atom is 0.337 e. The third-order valence-corrected chi connectivity index (χ3v) is 5.90. The summed E-state index contributed by atoms with van der Waals surface area (Å²) in [6.45, 7) is 3.66. The molecule has 11 nitrogen and oxygen atoms in total. The summed E-state index contributed by atoms with van der Waals surface area (Å²) in [4.78, 5) is 24.4. The molecule has 2 atom stereocenters. The number of amides is 2. The van der Waals surface area contributed by atoms with E-state index in [0.29, 0.717) is 35.1 Å². The van der Waals surface area contributed by atoms with E-state index in [1.807, 2.05) is 19.1 Å². The van der Waals surface area contributed by atoms with Crippen LogP contribution >= 0.6 is 15.9 Å². The molecule has 1 heterocycles. The van der Waals surface area contributed by atoms with Crippen molar-refractivity contribution in [1.82, 2.24) is 16.1 Å².